The third-order valence-corrected chi connectivity index (χ3v) is 4.64. The second kappa shape index (κ2) is 7.06. The highest BCUT2D eigenvalue weighted by molar-refractivity contribution is 7.99. The summed E-state index contributed by atoms with van der Waals surface area (Å²) in [5.41, 5.74) is 0.466. The zero-order valence-electron chi connectivity index (χ0n) is 11.7. The Kier molecular flexibility index (Phi) is 5.38. The third kappa shape index (κ3) is 3.63. The molecule has 2 rings (SSSR count). The van der Waals surface area contributed by atoms with E-state index in [1.807, 2.05) is 19.2 Å². The summed E-state index contributed by atoms with van der Waals surface area (Å²) in [4.78, 5) is 27.8. The van der Waals surface area contributed by atoms with Gasteiger partial charge in [0.05, 0.1) is 23.9 Å². The van der Waals surface area contributed by atoms with Crippen molar-refractivity contribution in [1.29, 1.82) is 0 Å². The Morgan fingerprint density at radius 1 is 1.62 bits per heavy atom. The molecule has 0 saturated heterocycles. The van der Waals surface area contributed by atoms with E-state index in [1.54, 1.807) is 6.07 Å². The van der Waals surface area contributed by atoms with Gasteiger partial charge in [0, 0.05) is 6.61 Å². The average molecular weight is 328 g/mol. The molecule has 1 unspecified atom stereocenters. The van der Waals surface area contributed by atoms with Gasteiger partial charge in [-0.2, -0.15) is 0 Å². The molecule has 6 nitrogen and oxygen atoms in total. The van der Waals surface area contributed by atoms with Gasteiger partial charge in [-0.15, -0.1) is 11.3 Å². The van der Waals surface area contributed by atoms with E-state index < -0.39 is 5.97 Å². The van der Waals surface area contributed by atoms with Crippen molar-refractivity contribution in [2.45, 2.75) is 25.0 Å². The van der Waals surface area contributed by atoms with Gasteiger partial charge in [0.25, 0.3) is 5.56 Å². The van der Waals surface area contributed by atoms with E-state index in [4.69, 9.17) is 9.84 Å². The molecule has 2 aromatic heterocycles. The van der Waals surface area contributed by atoms with Crippen molar-refractivity contribution < 1.29 is 14.6 Å². The first-order chi connectivity index (χ1) is 10.0. The fourth-order valence-corrected chi connectivity index (χ4v) is 3.47. The molecule has 0 spiro atoms. The number of thioether (sulfide) groups is 1. The van der Waals surface area contributed by atoms with Crippen LogP contribution in [0, 0.1) is 0 Å². The summed E-state index contributed by atoms with van der Waals surface area (Å²) >= 11 is 2.39. The molecule has 0 aliphatic carbocycles. The van der Waals surface area contributed by atoms with Crippen LogP contribution in [0.5, 0.6) is 0 Å². The minimum atomic E-state index is -0.941. The molecular formula is C13H16N2O4S2. The number of aliphatic carboxylic acids is 1. The standard InChI is InChI=1S/C13H16N2O4S2/c1-3-19-6-8(2)15-12(18)11-9(4-5-20-11)14-13(15)21-7-10(16)17/h4-5,8H,3,6-7H2,1-2H3,(H,16,17). The molecule has 0 aliphatic rings. The molecule has 114 valence electrons. The highest BCUT2D eigenvalue weighted by Crippen LogP contribution is 2.23. The molecule has 0 saturated carbocycles. The van der Waals surface area contributed by atoms with Crippen LogP contribution in [-0.4, -0.2) is 39.6 Å². The zero-order valence-corrected chi connectivity index (χ0v) is 13.4. The number of carboxylic acids is 1. The largest absolute Gasteiger partial charge is 0.481 e. The molecule has 2 heterocycles. The Labute approximate surface area is 129 Å². The summed E-state index contributed by atoms with van der Waals surface area (Å²) in [5, 5.41) is 11.1. The maximum Gasteiger partial charge on any atom is 0.313 e. The van der Waals surface area contributed by atoms with Crippen LogP contribution >= 0.6 is 23.1 Å². The van der Waals surface area contributed by atoms with Crippen molar-refractivity contribution in [3.05, 3.63) is 21.8 Å². The van der Waals surface area contributed by atoms with Gasteiger partial charge in [0.15, 0.2) is 5.16 Å². The summed E-state index contributed by atoms with van der Waals surface area (Å²) in [7, 11) is 0. The van der Waals surface area contributed by atoms with E-state index in [0.29, 0.717) is 28.6 Å². The minimum Gasteiger partial charge on any atom is -0.481 e. The molecule has 0 aromatic carbocycles. The summed E-state index contributed by atoms with van der Waals surface area (Å²) in [6, 6.07) is 1.57. The molecule has 0 aliphatic heterocycles. The van der Waals surface area contributed by atoms with Crippen LogP contribution in [0.25, 0.3) is 10.2 Å². The van der Waals surface area contributed by atoms with Crippen LogP contribution in [0.4, 0.5) is 0 Å². The van der Waals surface area contributed by atoms with Crippen molar-refractivity contribution in [2.24, 2.45) is 0 Å². The third-order valence-electron chi connectivity index (χ3n) is 2.81. The molecule has 2 aromatic rings. The van der Waals surface area contributed by atoms with E-state index in [9.17, 15) is 9.59 Å². The van der Waals surface area contributed by atoms with Crippen LogP contribution < -0.4 is 5.56 Å². The van der Waals surface area contributed by atoms with Crippen molar-refractivity contribution in [2.75, 3.05) is 19.0 Å². The maximum atomic E-state index is 12.6. The first-order valence-corrected chi connectivity index (χ1v) is 8.33. The molecule has 1 atom stereocenters. The number of hydrogen-bond donors (Lipinski definition) is 1. The lowest BCUT2D eigenvalue weighted by atomic mass is 10.3. The van der Waals surface area contributed by atoms with E-state index in [0.717, 1.165) is 11.8 Å². The van der Waals surface area contributed by atoms with Gasteiger partial charge in [0.2, 0.25) is 0 Å². The number of hydrogen-bond acceptors (Lipinski definition) is 6. The summed E-state index contributed by atoms with van der Waals surface area (Å²) in [5.74, 6) is -1.08. The molecule has 0 radical (unpaired) electrons. The van der Waals surface area contributed by atoms with Crippen LogP contribution in [0.15, 0.2) is 21.4 Å². The van der Waals surface area contributed by atoms with E-state index in [2.05, 4.69) is 4.98 Å². The molecular weight excluding hydrogens is 312 g/mol. The summed E-state index contributed by atoms with van der Waals surface area (Å²) < 4.78 is 7.48. The quantitative estimate of drug-likeness (QED) is 0.620. The number of thiophene rings is 1. The van der Waals surface area contributed by atoms with Crippen molar-refractivity contribution in [1.82, 2.24) is 9.55 Å². The first-order valence-electron chi connectivity index (χ1n) is 6.46. The number of nitrogens with zero attached hydrogens (tertiary/aromatic N) is 2. The van der Waals surface area contributed by atoms with Gasteiger partial charge >= 0.3 is 5.97 Å². The fourth-order valence-electron chi connectivity index (χ4n) is 1.88. The van der Waals surface area contributed by atoms with Crippen LogP contribution in [0.2, 0.25) is 0 Å². The van der Waals surface area contributed by atoms with Crippen LogP contribution in [-0.2, 0) is 9.53 Å². The second-order valence-electron chi connectivity index (χ2n) is 4.40. The lowest BCUT2D eigenvalue weighted by Crippen LogP contribution is -2.28. The second-order valence-corrected chi connectivity index (χ2v) is 6.25. The monoisotopic (exact) mass is 328 g/mol. The van der Waals surface area contributed by atoms with Gasteiger partial charge in [-0.25, -0.2) is 4.98 Å². The SMILES string of the molecule is CCOCC(C)n1c(SCC(=O)O)nc2ccsc2c1=O. The van der Waals surface area contributed by atoms with Gasteiger partial charge in [0.1, 0.15) is 4.70 Å². The van der Waals surface area contributed by atoms with Crippen LogP contribution in [0.1, 0.15) is 19.9 Å². The Morgan fingerprint density at radius 2 is 2.38 bits per heavy atom. The molecule has 8 heteroatoms. The Hall–Kier alpha value is -1.38. The van der Waals surface area contributed by atoms with Crippen LogP contribution in [0.3, 0.4) is 0 Å². The average Bonchev–Trinajstić information content (AvgIpc) is 2.91. The molecule has 1 N–H and O–H groups in total. The number of fused-ring (bicyclic) bond motifs is 1. The van der Waals surface area contributed by atoms with E-state index >= 15 is 0 Å². The topological polar surface area (TPSA) is 81.4 Å². The lowest BCUT2D eigenvalue weighted by molar-refractivity contribution is -0.133. The number of carbonyl (C=O) groups is 1. The molecule has 0 fully saturated rings. The highest BCUT2D eigenvalue weighted by Gasteiger charge is 2.18. The van der Waals surface area contributed by atoms with Crippen molar-refractivity contribution >= 4 is 39.3 Å². The smallest absolute Gasteiger partial charge is 0.313 e. The Bertz CT molecular complexity index is 695. The number of carboxylic acid groups (broad SMARTS) is 1. The first kappa shape index (κ1) is 16.0. The number of ether oxygens (including phenoxy) is 1. The van der Waals surface area contributed by atoms with E-state index in [-0.39, 0.29) is 17.4 Å². The highest BCUT2D eigenvalue weighted by atomic mass is 32.2. The minimum absolute atomic E-state index is 0.135. The van der Waals surface area contributed by atoms with Gasteiger partial charge in [-0.3, -0.25) is 14.2 Å². The van der Waals surface area contributed by atoms with Gasteiger partial charge in [-0.05, 0) is 25.3 Å². The molecule has 0 bridgehead atoms. The number of aromatic nitrogens is 2. The predicted molar refractivity (Wildman–Crippen MR) is 83.4 cm³/mol. The summed E-state index contributed by atoms with van der Waals surface area (Å²) in [6.07, 6.45) is 0. The van der Waals surface area contributed by atoms with Crippen molar-refractivity contribution in [3.63, 3.8) is 0 Å². The Morgan fingerprint density at radius 3 is 3.05 bits per heavy atom. The van der Waals surface area contributed by atoms with Crippen molar-refractivity contribution in [3.8, 4) is 0 Å². The lowest BCUT2D eigenvalue weighted by Gasteiger charge is -2.18. The zero-order chi connectivity index (χ0) is 15.4. The molecule has 21 heavy (non-hydrogen) atoms. The van der Waals surface area contributed by atoms with Gasteiger partial charge < -0.3 is 9.84 Å². The van der Waals surface area contributed by atoms with Gasteiger partial charge in [-0.1, -0.05) is 11.8 Å². The normalized spacial score (nSPS) is 12.7. The van der Waals surface area contributed by atoms with E-state index in [1.165, 1.54) is 15.9 Å². The molecule has 0 amide bonds. The number of rotatable bonds is 7. The maximum absolute atomic E-state index is 12.6. The predicted octanol–water partition coefficient (Wildman–Crippen LogP) is 2.23. The summed E-state index contributed by atoms with van der Waals surface area (Å²) in [6.45, 7) is 4.69. The fraction of sp³-hybridized carbons (Fsp3) is 0.462. The Balaban J connectivity index is 2.46.